The van der Waals surface area contributed by atoms with Crippen LogP contribution in [-0.2, 0) is 0 Å². The summed E-state index contributed by atoms with van der Waals surface area (Å²) in [5.41, 5.74) is 9.02. The van der Waals surface area contributed by atoms with Gasteiger partial charge in [0.05, 0.1) is 17.0 Å². The summed E-state index contributed by atoms with van der Waals surface area (Å²) in [6.45, 7) is 0. The number of para-hydroxylation sites is 2. The number of thiophene rings is 1. The maximum atomic E-state index is 6.46. The lowest BCUT2D eigenvalue weighted by Gasteiger charge is -2.11. The third kappa shape index (κ3) is 5.44. The van der Waals surface area contributed by atoms with Gasteiger partial charge in [0.2, 0.25) is 0 Å². The topological polar surface area (TPSA) is 77.6 Å². The molecular weight excluding hydrogens is 707 g/mol. The minimum Gasteiger partial charge on any atom is -0.455 e. The average molecular weight is 736 g/mol. The Bertz CT molecular complexity index is 3190. The predicted molar refractivity (Wildman–Crippen MR) is 228 cm³/mol. The van der Waals surface area contributed by atoms with Crippen LogP contribution in [-0.4, -0.2) is 24.9 Å². The minimum atomic E-state index is 0.553. The van der Waals surface area contributed by atoms with E-state index in [4.69, 9.17) is 29.3 Å². The SMILES string of the molecule is c1ccc(-c2cc(-c3ccccc3)nc(-c3cccc4sc5c(-c6nc(-c7ccccc7)nc(-c7cccc8c7oc7ccccc78)n6)cccc5c34)n2)cc1. The van der Waals surface area contributed by atoms with E-state index in [-0.39, 0.29) is 0 Å². The van der Waals surface area contributed by atoms with Crippen LogP contribution in [0.4, 0.5) is 0 Å². The summed E-state index contributed by atoms with van der Waals surface area (Å²) in [5, 5.41) is 4.27. The van der Waals surface area contributed by atoms with Crippen molar-refractivity contribution in [1.29, 1.82) is 0 Å². The van der Waals surface area contributed by atoms with Gasteiger partial charge in [-0.2, -0.15) is 0 Å². The molecule has 0 aliphatic heterocycles. The highest BCUT2D eigenvalue weighted by molar-refractivity contribution is 7.26. The summed E-state index contributed by atoms with van der Waals surface area (Å²) < 4.78 is 8.67. The van der Waals surface area contributed by atoms with Gasteiger partial charge in [-0.1, -0.05) is 146 Å². The summed E-state index contributed by atoms with van der Waals surface area (Å²) in [6, 6.07) is 59.7. The molecule has 7 heteroatoms. The van der Waals surface area contributed by atoms with Crippen molar-refractivity contribution in [3.63, 3.8) is 0 Å². The Hall–Kier alpha value is -7.35. The molecule has 0 saturated heterocycles. The molecule has 0 saturated carbocycles. The van der Waals surface area contributed by atoms with Gasteiger partial charge in [-0.3, -0.25) is 0 Å². The Morgan fingerprint density at radius 3 is 1.61 bits per heavy atom. The number of aromatic nitrogens is 5. The second kappa shape index (κ2) is 13.2. The molecule has 11 aromatic rings. The van der Waals surface area contributed by atoms with Gasteiger partial charge in [-0.15, -0.1) is 11.3 Å². The zero-order chi connectivity index (χ0) is 37.0. The Labute approximate surface area is 325 Å². The molecule has 56 heavy (non-hydrogen) atoms. The zero-order valence-corrected chi connectivity index (χ0v) is 30.6. The summed E-state index contributed by atoms with van der Waals surface area (Å²) in [5.74, 6) is 2.41. The Morgan fingerprint density at radius 2 is 0.893 bits per heavy atom. The number of furan rings is 1. The normalized spacial score (nSPS) is 11.6. The summed E-state index contributed by atoms with van der Waals surface area (Å²) in [7, 11) is 0. The largest absolute Gasteiger partial charge is 0.455 e. The maximum absolute atomic E-state index is 6.46. The standard InChI is InChI=1S/C49H29N5OS/c1-4-15-30(16-5-1)39-29-40(31-17-6-2-7-18-31)51-47(50-39)36-24-14-28-42-43(36)35-23-13-26-38(45(35)56-42)49-53-46(32-19-8-3-9-20-32)52-48(54-49)37-25-12-22-34-33-21-10-11-27-41(33)55-44(34)37/h1-29H. The number of rotatable bonds is 6. The van der Waals surface area contributed by atoms with E-state index in [2.05, 4.69) is 78.9 Å². The molecule has 0 N–H and O–H groups in total. The second-order valence-corrected chi connectivity index (χ2v) is 14.7. The second-order valence-electron chi connectivity index (χ2n) is 13.6. The Morgan fingerprint density at radius 1 is 0.375 bits per heavy atom. The first-order valence-electron chi connectivity index (χ1n) is 18.4. The number of hydrogen-bond donors (Lipinski definition) is 0. The van der Waals surface area contributed by atoms with Crippen molar-refractivity contribution in [2.45, 2.75) is 0 Å². The molecule has 4 heterocycles. The fourth-order valence-corrected chi connectivity index (χ4v) is 8.79. The van der Waals surface area contributed by atoms with Crippen LogP contribution in [0.1, 0.15) is 0 Å². The van der Waals surface area contributed by atoms with E-state index in [1.807, 2.05) is 97.1 Å². The molecular formula is C49H29N5OS. The molecule has 0 fully saturated rings. The monoisotopic (exact) mass is 735 g/mol. The Kier molecular flexibility index (Phi) is 7.57. The van der Waals surface area contributed by atoms with Gasteiger partial charge in [0.25, 0.3) is 0 Å². The summed E-state index contributed by atoms with van der Waals surface area (Å²) >= 11 is 1.73. The van der Waals surface area contributed by atoms with E-state index in [0.29, 0.717) is 23.3 Å². The van der Waals surface area contributed by atoms with E-state index < -0.39 is 0 Å². The van der Waals surface area contributed by atoms with Gasteiger partial charge in [-0.05, 0) is 30.3 Å². The molecule has 7 aromatic carbocycles. The molecule has 4 aromatic heterocycles. The molecule has 11 rings (SSSR count). The van der Waals surface area contributed by atoms with Crippen molar-refractivity contribution in [1.82, 2.24) is 24.9 Å². The third-order valence-corrected chi connectivity index (χ3v) is 11.4. The van der Waals surface area contributed by atoms with Crippen molar-refractivity contribution in [3.05, 3.63) is 176 Å². The van der Waals surface area contributed by atoms with Gasteiger partial charge >= 0.3 is 0 Å². The van der Waals surface area contributed by atoms with Gasteiger partial charge in [0, 0.05) is 58.8 Å². The van der Waals surface area contributed by atoms with Crippen LogP contribution in [0.3, 0.4) is 0 Å². The molecule has 0 amide bonds. The highest BCUT2D eigenvalue weighted by atomic mass is 32.1. The predicted octanol–water partition coefficient (Wildman–Crippen LogP) is 12.9. The van der Waals surface area contributed by atoms with Gasteiger partial charge in [-0.25, -0.2) is 24.9 Å². The smallest absolute Gasteiger partial charge is 0.167 e. The van der Waals surface area contributed by atoms with E-state index in [1.54, 1.807) is 11.3 Å². The molecule has 0 aliphatic rings. The summed E-state index contributed by atoms with van der Waals surface area (Å²) in [6.07, 6.45) is 0. The van der Waals surface area contributed by atoms with E-state index in [1.165, 1.54) is 0 Å². The molecule has 262 valence electrons. The van der Waals surface area contributed by atoms with Crippen LogP contribution >= 0.6 is 11.3 Å². The van der Waals surface area contributed by atoms with Crippen molar-refractivity contribution >= 4 is 53.4 Å². The minimum absolute atomic E-state index is 0.553. The van der Waals surface area contributed by atoms with Crippen LogP contribution in [0.25, 0.3) is 110 Å². The molecule has 0 unspecified atom stereocenters. The molecule has 6 nitrogen and oxygen atoms in total. The van der Waals surface area contributed by atoms with E-state index >= 15 is 0 Å². The van der Waals surface area contributed by atoms with Crippen LogP contribution in [0.2, 0.25) is 0 Å². The molecule has 0 spiro atoms. The first-order chi connectivity index (χ1) is 27.7. The van der Waals surface area contributed by atoms with Crippen molar-refractivity contribution in [2.24, 2.45) is 0 Å². The molecule has 0 atom stereocenters. The molecule has 0 bridgehead atoms. The fourth-order valence-electron chi connectivity index (χ4n) is 7.55. The quantitative estimate of drug-likeness (QED) is 0.169. The molecule has 0 aliphatic carbocycles. The first-order valence-corrected chi connectivity index (χ1v) is 19.2. The van der Waals surface area contributed by atoms with Gasteiger partial charge in [0.1, 0.15) is 11.2 Å². The number of nitrogens with zero attached hydrogens (tertiary/aromatic N) is 5. The highest BCUT2D eigenvalue weighted by Gasteiger charge is 2.21. The van der Waals surface area contributed by atoms with Crippen molar-refractivity contribution in [3.8, 4) is 68.1 Å². The third-order valence-electron chi connectivity index (χ3n) is 10.2. The van der Waals surface area contributed by atoms with Gasteiger partial charge < -0.3 is 4.42 Å². The van der Waals surface area contributed by atoms with Crippen molar-refractivity contribution in [2.75, 3.05) is 0 Å². The lowest BCUT2D eigenvalue weighted by molar-refractivity contribution is 0.669. The lowest BCUT2D eigenvalue weighted by atomic mass is 10.0. The van der Waals surface area contributed by atoms with Crippen LogP contribution in [0.5, 0.6) is 0 Å². The van der Waals surface area contributed by atoms with E-state index in [0.717, 1.165) is 86.9 Å². The average Bonchev–Trinajstić information content (AvgIpc) is 3.86. The van der Waals surface area contributed by atoms with E-state index in [9.17, 15) is 0 Å². The van der Waals surface area contributed by atoms with Crippen LogP contribution in [0.15, 0.2) is 180 Å². The van der Waals surface area contributed by atoms with Crippen LogP contribution < -0.4 is 0 Å². The zero-order valence-electron chi connectivity index (χ0n) is 29.8. The lowest BCUT2D eigenvalue weighted by Crippen LogP contribution is -2.00. The number of benzene rings is 7. The van der Waals surface area contributed by atoms with Crippen molar-refractivity contribution < 1.29 is 4.42 Å². The van der Waals surface area contributed by atoms with Crippen LogP contribution in [0, 0.1) is 0 Å². The number of hydrogen-bond acceptors (Lipinski definition) is 7. The first kappa shape index (κ1) is 32.1. The summed E-state index contributed by atoms with van der Waals surface area (Å²) in [4.78, 5) is 25.8. The molecule has 0 radical (unpaired) electrons. The number of fused-ring (bicyclic) bond motifs is 6. The Balaban J connectivity index is 1.13. The van der Waals surface area contributed by atoms with Gasteiger partial charge in [0.15, 0.2) is 23.3 Å². The fraction of sp³-hybridized carbons (Fsp3) is 0. The highest BCUT2D eigenvalue weighted by Crippen LogP contribution is 2.44. The maximum Gasteiger partial charge on any atom is 0.167 e.